The van der Waals surface area contributed by atoms with Crippen molar-refractivity contribution in [2.45, 2.75) is 76.4 Å². The first kappa shape index (κ1) is 13.4. The van der Waals surface area contributed by atoms with E-state index < -0.39 is 0 Å². The van der Waals surface area contributed by atoms with Crippen LogP contribution in [0.5, 0.6) is 0 Å². The van der Waals surface area contributed by atoms with Crippen LogP contribution in [-0.4, -0.2) is 24.1 Å². The SMILES string of the molecule is O=C(CCCCC(=O)OC1CCC1)OC1CCC1. The Kier molecular flexibility index (Phi) is 5.02. The van der Waals surface area contributed by atoms with Gasteiger partial charge in [0.15, 0.2) is 0 Å². The fraction of sp³-hybridized carbons (Fsp3) is 0.857. The Morgan fingerprint density at radius 1 is 0.778 bits per heavy atom. The van der Waals surface area contributed by atoms with E-state index in [9.17, 15) is 9.59 Å². The van der Waals surface area contributed by atoms with E-state index in [0.717, 1.165) is 25.7 Å². The van der Waals surface area contributed by atoms with Gasteiger partial charge in [-0.2, -0.15) is 0 Å². The van der Waals surface area contributed by atoms with Gasteiger partial charge >= 0.3 is 11.9 Å². The maximum Gasteiger partial charge on any atom is 0.306 e. The van der Waals surface area contributed by atoms with Crippen molar-refractivity contribution in [1.82, 2.24) is 0 Å². The van der Waals surface area contributed by atoms with E-state index in [1.54, 1.807) is 0 Å². The Morgan fingerprint density at radius 2 is 1.17 bits per heavy atom. The summed E-state index contributed by atoms with van der Waals surface area (Å²) in [5.41, 5.74) is 0. The zero-order valence-electron chi connectivity index (χ0n) is 10.9. The van der Waals surface area contributed by atoms with Crippen molar-refractivity contribution in [3.8, 4) is 0 Å². The number of ether oxygens (including phenoxy) is 2. The highest BCUT2D eigenvalue weighted by atomic mass is 16.5. The molecule has 0 bridgehead atoms. The molecule has 0 aromatic carbocycles. The van der Waals surface area contributed by atoms with Gasteiger partial charge in [0, 0.05) is 12.8 Å². The van der Waals surface area contributed by atoms with Gasteiger partial charge in [-0.15, -0.1) is 0 Å². The van der Waals surface area contributed by atoms with E-state index in [4.69, 9.17) is 9.47 Å². The monoisotopic (exact) mass is 254 g/mol. The van der Waals surface area contributed by atoms with Crippen molar-refractivity contribution >= 4 is 11.9 Å². The van der Waals surface area contributed by atoms with Crippen molar-refractivity contribution in [2.75, 3.05) is 0 Å². The number of carbonyl (C=O) groups is 2. The summed E-state index contributed by atoms with van der Waals surface area (Å²) in [4.78, 5) is 22.8. The van der Waals surface area contributed by atoms with Crippen molar-refractivity contribution < 1.29 is 19.1 Å². The third-order valence-corrected chi connectivity index (χ3v) is 3.71. The van der Waals surface area contributed by atoms with Gasteiger partial charge in [0.1, 0.15) is 12.2 Å². The Labute approximate surface area is 108 Å². The summed E-state index contributed by atoms with van der Waals surface area (Å²) in [6.07, 6.45) is 9.01. The molecule has 0 spiro atoms. The van der Waals surface area contributed by atoms with E-state index in [0.29, 0.717) is 25.7 Å². The molecule has 4 heteroatoms. The lowest BCUT2D eigenvalue weighted by atomic mass is 9.96. The number of hydrogen-bond acceptors (Lipinski definition) is 4. The maximum absolute atomic E-state index is 11.4. The van der Waals surface area contributed by atoms with Crippen molar-refractivity contribution in [3.63, 3.8) is 0 Å². The van der Waals surface area contributed by atoms with E-state index in [1.807, 2.05) is 0 Å². The maximum atomic E-state index is 11.4. The van der Waals surface area contributed by atoms with Gasteiger partial charge in [0.2, 0.25) is 0 Å². The number of unbranched alkanes of at least 4 members (excludes halogenated alkanes) is 1. The molecule has 102 valence electrons. The normalized spacial score (nSPS) is 19.8. The van der Waals surface area contributed by atoms with Crippen LogP contribution in [-0.2, 0) is 19.1 Å². The first-order valence-electron chi connectivity index (χ1n) is 7.13. The highest BCUT2D eigenvalue weighted by Crippen LogP contribution is 2.23. The second kappa shape index (κ2) is 6.76. The summed E-state index contributed by atoms with van der Waals surface area (Å²) < 4.78 is 10.5. The average Bonchev–Trinajstić information content (AvgIpc) is 2.24. The smallest absolute Gasteiger partial charge is 0.306 e. The second-order valence-corrected chi connectivity index (χ2v) is 5.29. The molecule has 0 unspecified atom stereocenters. The van der Waals surface area contributed by atoms with Crippen LogP contribution < -0.4 is 0 Å². The zero-order valence-corrected chi connectivity index (χ0v) is 10.9. The van der Waals surface area contributed by atoms with Gasteiger partial charge in [0.05, 0.1) is 0 Å². The fourth-order valence-corrected chi connectivity index (χ4v) is 2.01. The lowest BCUT2D eigenvalue weighted by Crippen LogP contribution is -2.25. The van der Waals surface area contributed by atoms with Crippen LogP contribution in [0.1, 0.15) is 64.2 Å². The van der Waals surface area contributed by atoms with Crippen LogP contribution in [0.3, 0.4) is 0 Å². The van der Waals surface area contributed by atoms with Crippen LogP contribution in [0.2, 0.25) is 0 Å². The molecule has 0 radical (unpaired) electrons. The molecule has 4 nitrogen and oxygen atoms in total. The fourth-order valence-electron chi connectivity index (χ4n) is 2.01. The average molecular weight is 254 g/mol. The lowest BCUT2D eigenvalue weighted by molar-refractivity contribution is -0.155. The molecule has 0 aliphatic heterocycles. The van der Waals surface area contributed by atoms with Crippen LogP contribution in [0, 0.1) is 0 Å². The Bertz CT molecular complexity index is 262. The highest BCUT2D eigenvalue weighted by Gasteiger charge is 2.22. The summed E-state index contributed by atoms with van der Waals surface area (Å²) in [7, 11) is 0. The van der Waals surface area contributed by atoms with Gasteiger partial charge in [-0.1, -0.05) is 0 Å². The molecule has 0 amide bonds. The number of carbonyl (C=O) groups excluding carboxylic acids is 2. The highest BCUT2D eigenvalue weighted by molar-refractivity contribution is 5.70. The molecule has 0 N–H and O–H groups in total. The second-order valence-electron chi connectivity index (χ2n) is 5.29. The molecule has 0 saturated heterocycles. The van der Waals surface area contributed by atoms with Crippen LogP contribution in [0.4, 0.5) is 0 Å². The third kappa shape index (κ3) is 4.31. The first-order chi connectivity index (χ1) is 8.74. The molecule has 0 heterocycles. The van der Waals surface area contributed by atoms with Gasteiger partial charge in [-0.3, -0.25) is 9.59 Å². The summed E-state index contributed by atoms with van der Waals surface area (Å²) in [6.45, 7) is 0. The van der Waals surface area contributed by atoms with Crippen molar-refractivity contribution in [1.29, 1.82) is 0 Å². The van der Waals surface area contributed by atoms with Gasteiger partial charge in [-0.05, 0) is 51.4 Å². The van der Waals surface area contributed by atoms with E-state index in [-0.39, 0.29) is 24.1 Å². The predicted molar refractivity (Wildman–Crippen MR) is 65.9 cm³/mol. The van der Waals surface area contributed by atoms with Crippen LogP contribution in [0.15, 0.2) is 0 Å². The number of rotatable bonds is 7. The van der Waals surface area contributed by atoms with Crippen LogP contribution >= 0.6 is 0 Å². The summed E-state index contributed by atoms with van der Waals surface area (Å²) >= 11 is 0. The zero-order chi connectivity index (χ0) is 12.8. The summed E-state index contributed by atoms with van der Waals surface area (Å²) in [5.74, 6) is -0.237. The molecular weight excluding hydrogens is 232 g/mol. The molecule has 0 atom stereocenters. The lowest BCUT2D eigenvalue weighted by Gasteiger charge is -2.25. The minimum Gasteiger partial charge on any atom is -0.462 e. The quantitative estimate of drug-likeness (QED) is 0.518. The molecule has 0 aromatic rings. The van der Waals surface area contributed by atoms with Crippen molar-refractivity contribution in [2.24, 2.45) is 0 Å². The Hall–Kier alpha value is -1.06. The first-order valence-corrected chi connectivity index (χ1v) is 7.13. The standard InChI is InChI=1S/C14H22O4/c15-13(17-11-5-3-6-11)9-1-2-10-14(16)18-12-7-4-8-12/h11-12H,1-10H2. The van der Waals surface area contributed by atoms with Gasteiger partial charge in [-0.25, -0.2) is 0 Å². The van der Waals surface area contributed by atoms with Crippen molar-refractivity contribution in [3.05, 3.63) is 0 Å². The Balaban J connectivity index is 1.44. The molecule has 2 rings (SSSR count). The van der Waals surface area contributed by atoms with E-state index >= 15 is 0 Å². The Morgan fingerprint density at radius 3 is 1.44 bits per heavy atom. The number of esters is 2. The van der Waals surface area contributed by atoms with E-state index in [1.165, 1.54) is 12.8 Å². The molecule has 2 saturated carbocycles. The minimum absolute atomic E-state index is 0.118. The van der Waals surface area contributed by atoms with Gasteiger partial charge < -0.3 is 9.47 Å². The largest absolute Gasteiger partial charge is 0.462 e. The summed E-state index contributed by atoms with van der Waals surface area (Å²) in [5, 5.41) is 0. The van der Waals surface area contributed by atoms with Gasteiger partial charge in [0.25, 0.3) is 0 Å². The minimum atomic E-state index is -0.118. The molecule has 2 aliphatic carbocycles. The molecular formula is C14H22O4. The molecule has 18 heavy (non-hydrogen) atoms. The van der Waals surface area contributed by atoms with E-state index in [2.05, 4.69) is 0 Å². The predicted octanol–water partition coefficient (Wildman–Crippen LogP) is 2.74. The topological polar surface area (TPSA) is 52.6 Å². The number of hydrogen-bond donors (Lipinski definition) is 0. The van der Waals surface area contributed by atoms with Crippen LogP contribution in [0.25, 0.3) is 0 Å². The molecule has 2 aliphatic rings. The third-order valence-electron chi connectivity index (χ3n) is 3.71. The summed E-state index contributed by atoms with van der Waals surface area (Å²) in [6, 6.07) is 0. The molecule has 2 fully saturated rings. The molecule has 0 aromatic heterocycles.